The number of benzene rings is 2. The summed E-state index contributed by atoms with van der Waals surface area (Å²) in [5.41, 5.74) is 2.70. The lowest BCUT2D eigenvalue weighted by Crippen LogP contribution is -2.17. The lowest BCUT2D eigenvalue weighted by molar-refractivity contribution is 0.0997. The molecular formula is C22H24N2O3S. The summed E-state index contributed by atoms with van der Waals surface area (Å²) >= 11 is 1.56. The minimum atomic E-state index is -0.317. The lowest BCUT2D eigenvalue weighted by Gasteiger charge is -2.08. The number of rotatable bonds is 6. The van der Waals surface area contributed by atoms with Crippen LogP contribution in [0, 0.1) is 0 Å². The van der Waals surface area contributed by atoms with E-state index in [2.05, 4.69) is 35.5 Å². The van der Waals surface area contributed by atoms with Crippen LogP contribution in [0.3, 0.4) is 0 Å². The van der Waals surface area contributed by atoms with Gasteiger partial charge in [0.1, 0.15) is 11.5 Å². The van der Waals surface area contributed by atoms with Crippen molar-refractivity contribution in [1.29, 1.82) is 0 Å². The summed E-state index contributed by atoms with van der Waals surface area (Å²) < 4.78 is 12.6. The Morgan fingerprint density at radius 2 is 1.68 bits per heavy atom. The third-order valence-corrected chi connectivity index (χ3v) is 5.68. The number of carbonyl (C=O) groups excluding carboxylic acids is 1. The molecule has 3 rings (SSSR count). The summed E-state index contributed by atoms with van der Waals surface area (Å²) in [4.78, 5) is 19.2. The first-order chi connectivity index (χ1) is 13.6. The molecule has 0 spiro atoms. The Bertz CT molecular complexity index is 1010. The van der Waals surface area contributed by atoms with Crippen LogP contribution in [0.25, 0.3) is 11.3 Å². The zero-order valence-electron chi connectivity index (χ0n) is 16.6. The van der Waals surface area contributed by atoms with Crippen LogP contribution in [-0.2, 0) is 13.0 Å². The van der Waals surface area contributed by atoms with Crippen molar-refractivity contribution in [3.63, 3.8) is 0 Å². The van der Waals surface area contributed by atoms with Gasteiger partial charge in [-0.25, -0.2) is 0 Å². The van der Waals surface area contributed by atoms with E-state index in [1.54, 1.807) is 43.8 Å². The maximum Gasteiger partial charge on any atom is 0.279 e. The maximum atomic E-state index is 12.9. The number of aryl methyl sites for hydroxylation is 1. The number of hydrogen-bond acceptors (Lipinski definition) is 4. The van der Waals surface area contributed by atoms with Crippen molar-refractivity contribution >= 4 is 17.2 Å². The van der Waals surface area contributed by atoms with Crippen molar-refractivity contribution in [3.05, 3.63) is 63.8 Å². The second-order valence-electron chi connectivity index (χ2n) is 6.14. The van der Waals surface area contributed by atoms with Crippen LogP contribution in [0.4, 0.5) is 0 Å². The molecule has 146 valence electrons. The van der Waals surface area contributed by atoms with E-state index >= 15 is 0 Å². The van der Waals surface area contributed by atoms with Crippen LogP contribution in [-0.4, -0.2) is 24.7 Å². The van der Waals surface area contributed by atoms with Gasteiger partial charge in [0.25, 0.3) is 5.91 Å². The van der Waals surface area contributed by atoms with Gasteiger partial charge in [0, 0.05) is 23.1 Å². The van der Waals surface area contributed by atoms with Crippen molar-refractivity contribution in [1.82, 2.24) is 4.57 Å². The molecule has 0 saturated heterocycles. The van der Waals surface area contributed by atoms with Gasteiger partial charge in [0.05, 0.1) is 19.9 Å². The first-order valence-electron chi connectivity index (χ1n) is 9.21. The van der Waals surface area contributed by atoms with Crippen LogP contribution in [0.1, 0.15) is 29.1 Å². The number of methoxy groups -OCH3 is 2. The van der Waals surface area contributed by atoms with Gasteiger partial charge in [0.15, 0.2) is 4.80 Å². The van der Waals surface area contributed by atoms with E-state index in [-0.39, 0.29) is 5.91 Å². The van der Waals surface area contributed by atoms with E-state index in [0.29, 0.717) is 21.9 Å². The zero-order valence-corrected chi connectivity index (χ0v) is 17.4. The number of ether oxygens (including phenoxy) is 2. The fourth-order valence-electron chi connectivity index (χ4n) is 3.07. The second-order valence-corrected chi connectivity index (χ2v) is 7.20. The molecule has 0 aliphatic rings. The number of nitrogens with zero attached hydrogens (tertiary/aromatic N) is 2. The molecule has 28 heavy (non-hydrogen) atoms. The standard InChI is InChI=1S/C22H24N2O3S/c1-5-19-20(15-10-8-7-9-11-15)24(6-2)22(28-19)23-21(25)16-12-17(26-3)14-18(13-16)27-4/h7-14H,5-6H2,1-4H3. The van der Waals surface area contributed by atoms with Gasteiger partial charge in [-0.3, -0.25) is 4.79 Å². The molecule has 1 aromatic heterocycles. The molecule has 2 aromatic carbocycles. The second kappa shape index (κ2) is 8.89. The van der Waals surface area contributed by atoms with Gasteiger partial charge in [-0.05, 0) is 31.0 Å². The van der Waals surface area contributed by atoms with Gasteiger partial charge in [-0.2, -0.15) is 4.99 Å². The molecule has 0 aliphatic carbocycles. The minimum Gasteiger partial charge on any atom is -0.497 e. The highest BCUT2D eigenvalue weighted by Crippen LogP contribution is 2.27. The Morgan fingerprint density at radius 1 is 1.04 bits per heavy atom. The Labute approximate surface area is 168 Å². The van der Waals surface area contributed by atoms with Crippen molar-refractivity contribution < 1.29 is 14.3 Å². The smallest absolute Gasteiger partial charge is 0.279 e. The van der Waals surface area contributed by atoms with Gasteiger partial charge >= 0.3 is 0 Å². The molecule has 5 nitrogen and oxygen atoms in total. The van der Waals surface area contributed by atoms with Crippen LogP contribution in [0.15, 0.2) is 53.5 Å². The summed E-state index contributed by atoms with van der Waals surface area (Å²) in [6, 6.07) is 15.3. The van der Waals surface area contributed by atoms with E-state index in [1.165, 1.54) is 4.88 Å². The number of hydrogen-bond donors (Lipinski definition) is 0. The quantitative estimate of drug-likeness (QED) is 0.614. The molecular weight excluding hydrogens is 372 g/mol. The molecule has 0 atom stereocenters. The highest BCUT2D eigenvalue weighted by molar-refractivity contribution is 7.09. The Balaban J connectivity index is 2.12. The zero-order chi connectivity index (χ0) is 20.1. The van der Waals surface area contributed by atoms with E-state index in [1.807, 2.05) is 18.2 Å². The maximum absolute atomic E-state index is 12.9. The fraction of sp³-hybridized carbons (Fsp3) is 0.273. The Morgan fingerprint density at radius 3 is 2.21 bits per heavy atom. The van der Waals surface area contributed by atoms with Gasteiger partial charge < -0.3 is 14.0 Å². The summed E-state index contributed by atoms with van der Waals surface area (Å²) in [6.45, 7) is 4.92. The molecule has 1 heterocycles. The fourth-order valence-corrected chi connectivity index (χ4v) is 4.22. The van der Waals surface area contributed by atoms with Crippen molar-refractivity contribution in [3.8, 4) is 22.8 Å². The summed E-state index contributed by atoms with van der Waals surface area (Å²) in [5, 5.41) is 0. The van der Waals surface area contributed by atoms with Crippen molar-refractivity contribution in [2.24, 2.45) is 4.99 Å². The summed E-state index contributed by atoms with van der Waals surface area (Å²) in [5.74, 6) is 0.807. The third kappa shape index (κ3) is 4.02. The Kier molecular flexibility index (Phi) is 6.31. The van der Waals surface area contributed by atoms with Crippen molar-refractivity contribution in [2.75, 3.05) is 14.2 Å². The van der Waals surface area contributed by atoms with E-state index < -0.39 is 0 Å². The summed E-state index contributed by atoms with van der Waals surface area (Å²) in [7, 11) is 3.12. The number of carbonyl (C=O) groups is 1. The molecule has 0 aliphatic heterocycles. The number of amides is 1. The number of aromatic nitrogens is 1. The van der Waals surface area contributed by atoms with E-state index in [0.717, 1.165) is 24.2 Å². The minimum absolute atomic E-state index is 0.317. The van der Waals surface area contributed by atoms with Gasteiger partial charge in [0.2, 0.25) is 0 Å². The normalized spacial score (nSPS) is 11.5. The Hall–Kier alpha value is -2.86. The highest BCUT2D eigenvalue weighted by atomic mass is 32.1. The van der Waals surface area contributed by atoms with Gasteiger partial charge in [-0.15, -0.1) is 11.3 Å². The average molecular weight is 397 g/mol. The molecule has 6 heteroatoms. The predicted octanol–water partition coefficient (Wildman–Crippen LogP) is 4.56. The largest absolute Gasteiger partial charge is 0.497 e. The number of thiazole rings is 1. The monoisotopic (exact) mass is 396 g/mol. The van der Waals surface area contributed by atoms with Gasteiger partial charge in [-0.1, -0.05) is 37.3 Å². The SMILES string of the molecule is CCc1sc(=NC(=O)c2cc(OC)cc(OC)c2)n(CC)c1-c1ccccc1. The molecule has 0 fully saturated rings. The van der Waals surface area contributed by atoms with Crippen LogP contribution in [0.2, 0.25) is 0 Å². The molecule has 0 N–H and O–H groups in total. The molecule has 0 saturated carbocycles. The molecule has 0 bridgehead atoms. The molecule has 0 radical (unpaired) electrons. The van der Waals surface area contributed by atoms with Crippen molar-refractivity contribution in [2.45, 2.75) is 26.8 Å². The summed E-state index contributed by atoms with van der Waals surface area (Å²) in [6.07, 6.45) is 0.881. The van der Waals surface area contributed by atoms with Crippen LogP contribution in [0.5, 0.6) is 11.5 Å². The first kappa shape index (κ1) is 19.9. The van der Waals surface area contributed by atoms with Crippen LogP contribution >= 0.6 is 11.3 Å². The van der Waals surface area contributed by atoms with E-state index in [9.17, 15) is 4.79 Å². The highest BCUT2D eigenvalue weighted by Gasteiger charge is 2.15. The first-order valence-corrected chi connectivity index (χ1v) is 10.0. The lowest BCUT2D eigenvalue weighted by atomic mass is 10.1. The molecule has 0 unspecified atom stereocenters. The predicted molar refractivity (Wildman–Crippen MR) is 112 cm³/mol. The average Bonchev–Trinajstić information content (AvgIpc) is 3.10. The third-order valence-electron chi connectivity index (χ3n) is 4.46. The molecule has 3 aromatic rings. The topological polar surface area (TPSA) is 52.8 Å². The molecule has 1 amide bonds. The van der Waals surface area contributed by atoms with E-state index in [4.69, 9.17) is 9.47 Å². The van der Waals surface area contributed by atoms with Crippen LogP contribution < -0.4 is 14.3 Å².